The Hall–Kier alpha value is -2.56. The molecule has 0 fully saturated rings. The van der Waals surface area contributed by atoms with Crippen LogP contribution in [0.25, 0.3) is 11.0 Å². The number of rotatable bonds is 4. The van der Waals surface area contributed by atoms with Gasteiger partial charge in [-0.25, -0.2) is 0 Å². The molecular weight excluding hydrogens is 292 g/mol. The summed E-state index contributed by atoms with van der Waals surface area (Å²) in [4.78, 5) is 14.3. The second kappa shape index (κ2) is 5.91. The Morgan fingerprint density at radius 1 is 1.30 bits per heavy atom. The Kier molecular flexibility index (Phi) is 3.94. The molecule has 0 N–H and O–H groups in total. The first-order chi connectivity index (χ1) is 11.0. The van der Waals surface area contributed by atoms with Gasteiger partial charge >= 0.3 is 0 Å². The first kappa shape index (κ1) is 15.3. The summed E-state index contributed by atoms with van der Waals surface area (Å²) in [5.41, 5.74) is 2.46. The van der Waals surface area contributed by atoms with Crippen molar-refractivity contribution in [3.63, 3.8) is 0 Å². The molecule has 2 aromatic heterocycles. The fourth-order valence-electron chi connectivity index (χ4n) is 2.65. The molecule has 1 atom stereocenters. The van der Waals surface area contributed by atoms with Crippen LogP contribution in [-0.2, 0) is 11.2 Å². The second-order valence-corrected chi connectivity index (χ2v) is 5.85. The first-order valence-electron chi connectivity index (χ1n) is 7.63. The van der Waals surface area contributed by atoms with Crippen LogP contribution >= 0.6 is 0 Å². The number of para-hydroxylation sites is 1. The molecule has 3 rings (SSSR count). The highest BCUT2D eigenvalue weighted by molar-refractivity contribution is 5.80. The van der Waals surface area contributed by atoms with E-state index in [-0.39, 0.29) is 18.4 Å². The van der Waals surface area contributed by atoms with Crippen molar-refractivity contribution >= 4 is 16.9 Å². The number of carbonyl (C=O) groups excluding carboxylic acids is 1. The number of furan rings is 1. The lowest BCUT2D eigenvalue weighted by molar-refractivity contribution is -0.131. The van der Waals surface area contributed by atoms with E-state index in [1.165, 1.54) is 0 Å². The Morgan fingerprint density at radius 2 is 2.04 bits per heavy atom. The number of fused-ring (bicyclic) bond motifs is 1. The lowest BCUT2D eigenvalue weighted by Gasteiger charge is -2.23. The van der Waals surface area contributed by atoms with Gasteiger partial charge in [0.2, 0.25) is 5.91 Å². The number of benzene rings is 1. The van der Waals surface area contributed by atoms with Crippen LogP contribution < -0.4 is 0 Å². The molecule has 0 spiro atoms. The van der Waals surface area contributed by atoms with Gasteiger partial charge in [0.25, 0.3) is 0 Å². The Bertz CT molecular complexity index is 794. The molecule has 0 saturated heterocycles. The average molecular weight is 312 g/mol. The van der Waals surface area contributed by atoms with Gasteiger partial charge in [0.1, 0.15) is 17.1 Å². The summed E-state index contributed by atoms with van der Waals surface area (Å²) < 4.78 is 11.0. The summed E-state index contributed by atoms with van der Waals surface area (Å²) >= 11 is 0. The van der Waals surface area contributed by atoms with Gasteiger partial charge in [0, 0.05) is 18.0 Å². The standard InChI is InChI=1S/C18H20N2O3/c1-11-15(13(3)23-19-11)10-18(21)20(4)12(2)17-9-14-7-5-6-8-16(14)22-17/h5-9,12H,10H2,1-4H3. The number of aromatic nitrogens is 1. The summed E-state index contributed by atoms with van der Waals surface area (Å²) in [6.07, 6.45) is 0.280. The van der Waals surface area contributed by atoms with Crippen LogP contribution in [-0.4, -0.2) is 23.0 Å². The summed E-state index contributed by atoms with van der Waals surface area (Å²) in [6, 6.07) is 9.68. The Morgan fingerprint density at radius 3 is 2.70 bits per heavy atom. The third-order valence-corrected chi connectivity index (χ3v) is 4.34. The molecule has 1 aromatic carbocycles. The van der Waals surface area contributed by atoms with Crippen LogP contribution in [0.3, 0.4) is 0 Å². The highest BCUT2D eigenvalue weighted by atomic mass is 16.5. The number of nitrogens with zero attached hydrogens (tertiary/aromatic N) is 2. The molecule has 5 nitrogen and oxygen atoms in total. The SMILES string of the molecule is Cc1noc(C)c1CC(=O)N(C)C(C)c1cc2ccccc2o1. The lowest BCUT2D eigenvalue weighted by Crippen LogP contribution is -2.31. The maximum atomic E-state index is 12.6. The van der Waals surface area contributed by atoms with Crippen LogP contribution in [0.4, 0.5) is 0 Å². The molecule has 1 amide bonds. The molecule has 1 unspecified atom stereocenters. The largest absolute Gasteiger partial charge is 0.459 e. The monoisotopic (exact) mass is 312 g/mol. The highest BCUT2D eigenvalue weighted by Gasteiger charge is 2.23. The van der Waals surface area contributed by atoms with Crippen LogP contribution in [0, 0.1) is 13.8 Å². The van der Waals surface area contributed by atoms with Crippen molar-refractivity contribution in [3.8, 4) is 0 Å². The topological polar surface area (TPSA) is 59.5 Å². The maximum absolute atomic E-state index is 12.6. The van der Waals surface area contributed by atoms with Crippen LogP contribution in [0.15, 0.2) is 39.3 Å². The average Bonchev–Trinajstić information content (AvgIpc) is 3.11. The van der Waals surface area contributed by atoms with Gasteiger partial charge in [-0.1, -0.05) is 23.4 Å². The number of likely N-dealkylation sites (N-methyl/N-ethyl adjacent to an activating group) is 1. The van der Waals surface area contributed by atoms with Crippen LogP contribution in [0.5, 0.6) is 0 Å². The highest BCUT2D eigenvalue weighted by Crippen LogP contribution is 2.27. The second-order valence-electron chi connectivity index (χ2n) is 5.85. The van der Waals surface area contributed by atoms with E-state index in [0.717, 1.165) is 28.0 Å². The molecule has 3 aromatic rings. The molecule has 0 aliphatic carbocycles. The van der Waals surface area contributed by atoms with Gasteiger partial charge in [0.05, 0.1) is 18.2 Å². The smallest absolute Gasteiger partial charge is 0.227 e. The summed E-state index contributed by atoms with van der Waals surface area (Å²) in [7, 11) is 1.79. The third kappa shape index (κ3) is 2.86. The minimum Gasteiger partial charge on any atom is -0.459 e. The van der Waals surface area contributed by atoms with Gasteiger partial charge in [-0.15, -0.1) is 0 Å². The van der Waals surface area contributed by atoms with Crippen molar-refractivity contribution in [1.82, 2.24) is 10.1 Å². The maximum Gasteiger partial charge on any atom is 0.227 e. The van der Waals surface area contributed by atoms with Crippen LogP contribution in [0.1, 0.15) is 35.7 Å². The normalized spacial score (nSPS) is 12.5. The predicted molar refractivity (Wildman–Crippen MR) is 87.1 cm³/mol. The predicted octanol–water partition coefficient (Wildman–Crippen LogP) is 3.80. The number of aryl methyl sites for hydroxylation is 2. The van der Waals surface area contributed by atoms with E-state index in [4.69, 9.17) is 8.94 Å². The number of amides is 1. The van der Waals surface area contributed by atoms with E-state index in [2.05, 4.69) is 5.16 Å². The number of hydrogen-bond donors (Lipinski definition) is 0. The summed E-state index contributed by atoms with van der Waals surface area (Å²) in [5, 5.41) is 4.94. The molecule has 0 aliphatic heterocycles. The zero-order chi connectivity index (χ0) is 16.6. The van der Waals surface area contributed by atoms with E-state index >= 15 is 0 Å². The number of carbonyl (C=O) groups is 1. The van der Waals surface area contributed by atoms with Crippen molar-refractivity contribution < 1.29 is 13.7 Å². The molecular formula is C18H20N2O3. The van der Waals surface area contributed by atoms with Gasteiger partial charge in [-0.2, -0.15) is 0 Å². The lowest BCUT2D eigenvalue weighted by atomic mass is 10.1. The molecule has 0 bridgehead atoms. The Labute approximate surface area is 134 Å². The van der Waals surface area contributed by atoms with Crippen LogP contribution in [0.2, 0.25) is 0 Å². The van der Waals surface area contributed by atoms with E-state index in [1.807, 2.05) is 51.1 Å². The third-order valence-electron chi connectivity index (χ3n) is 4.34. The Balaban J connectivity index is 1.78. The van der Waals surface area contributed by atoms with Gasteiger partial charge in [-0.05, 0) is 32.9 Å². The van der Waals surface area contributed by atoms with Gasteiger partial charge in [0.15, 0.2) is 0 Å². The van der Waals surface area contributed by atoms with Crippen molar-refractivity contribution in [1.29, 1.82) is 0 Å². The molecule has 0 saturated carbocycles. The molecule has 0 radical (unpaired) electrons. The number of hydrogen-bond acceptors (Lipinski definition) is 4. The molecule has 2 heterocycles. The van der Waals surface area contributed by atoms with E-state index in [0.29, 0.717) is 5.76 Å². The molecule has 0 aliphatic rings. The van der Waals surface area contributed by atoms with Gasteiger partial charge in [-0.3, -0.25) is 4.79 Å². The molecule has 120 valence electrons. The fraction of sp³-hybridized carbons (Fsp3) is 0.333. The zero-order valence-electron chi connectivity index (χ0n) is 13.8. The minimum atomic E-state index is -0.143. The fourth-order valence-corrected chi connectivity index (χ4v) is 2.65. The van der Waals surface area contributed by atoms with E-state index in [1.54, 1.807) is 11.9 Å². The summed E-state index contributed by atoms with van der Waals surface area (Å²) in [5.74, 6) is 1.48. The van der Waals surface area contributed by atoms with Crippen molar-refractivity contribution in [3.05, 3.63) is 53.1 Å². The van der Waals surface area contributed by atoms with Crippen molar-refractivity contribution in [2.24, 2.45) is 0 Å². The van der Waals surface area contributed by atoms with Crippen molar-refractivity contribution in [2.75, 3.05) is 7.05 Å². The van der Waals surface area contributed by atoms with Crippen molar-refractivity contribution in [2.45, 2.75) is 33.2 Å². The molecule has 23 heavy (non-hydrogen) atoms. The zero-order valence-corrected chi connectivity index (χ0v) is 13.8. The van der Waals surface area contributed by atoms with E-state index in [9.17, 15) is 4.79 Å². The first-order valence-corrected chi connectivity index (χ1v) is 7.63. The molecule has 5 heteroatoms. The van der Waals surface area contributed by atoms with Gasteiger partial charge < -0.3 is 13.8 Å². The summed E-state index contributed by atoms with van der Waals surface area (Å²) in [6.45, 7) is 5.63. The van der Waals surface area contributed by atoms with E-state index < -0.39 is 0 Å². The minimum absolute atomic E-state index is 0.00681. The quantitative estimate of drug-likeness (QED) is 0.735.